The molecule has 0 bridgehead atoms. The lowest BCUT2D eigenvalue weighted by Gasteiger charge is -2.55. The second kappa shape index (κ2) is 7.47. The molecular formula is C22H22F3N5O2. The van der Waals surface area contributed by atoms with Gasteiger partial charge in [-0.15, -0.1) is 0 Å². The molecule has 2 aromatic heterocycles. The molecule has 3 aromatic rings. The van der Waals surface area contributed by atoms with Gasteiger partial charge in [0.15, 0.2) is 0 Å². The van der Waals surface area contributed by atoms with Crippen molar-refractivity contribution in [3.05, 3.63) is 57.9 Å². The lowest BCUT2D eigenvalue weighted by molar-refractivity contribution is -0.127. The van der Waals surface area contributed by atoms with Crippen LogP contribution in [0.1, 0.15) is 30.5 Å². The first-order chi connectivity index (χ1) is 15.3. The number of nitrogens with one attached hydrogen (secondary N) is 1. The molecule has 1 aromatic carbocycles. The number of anilines is 2. The lowest BCUT2D eigenvalue weighted by atomic mass is 9.78. The van der Waals surface area contributed by atoms with Gasteiger partial charge in [-0.3, -0.25) is 9.36 Å². The maximum atomic E-state index is 14.6. The number of aryl methyl sites for hydroxylation is 1. The Labute approximate surface area is 181 Å². The number of pyridine rings is 1. The first kappa shape index (κ1) is 20.7. The van der Waals surface area contributed by atoms with Crippen LogP contribution in [0.4, 0.5) is 24.7 Å². The molecule has 0 amide bonds. The molecule has 2 aliphatic heterocycles. The Morgan fingerprint density at radius 2 is 1.91 bits per heavy atom. The van der Waals surface area contributed by atoms with Crippen LogP contribution in [0.25, 0.3) is 11.0 Å². The average molecular weight is 445 g/mol. The molecule has 2 saturated heterocycles. The number of alkyl halides is 2. The Morgan fingerprint density at radius 3 is 2.56 bits per heavy atom. The van der Waals surface area contributed by atoms with E-state index in [1.54, 1.807) is 20.0 Å². The summed E-state index contributed by atoms with van der Waals surface area (Å²) in [6.07, 6.45) is -1.59. The number of benzene rings is 1. The van der Waals surface area contributed by atoms with Gasteiger partial charge in [-0.25, -0.2) is 23.1 Å². The predicted octanol–water partition coefficient (Wildman–Crippen LogP) is 3.41. The summed E-state index contributed by atoms with van der Waals surface area (Å²) in [5, 5.41) is 3.70. The summed E-state index contributed by atoms with van der Waals surface area (Å²) < 4.78 is 47.6. The highest BCUT2D eigenvalue weighted by molar-refractivity contribution is 5.89. The topological polar surface area (TPSA) is 72.3 Å². The molecule has 168 valence electrons. The molecule has 2 aliphatic rings. The molecule has 0 unspecified atom stereocenters. The van der Waals surface area contributed by atoms with Crippen LogP contribution >= 0.6 is 0 Å². The van der Waals surface area contributed by atoms with Crippen LogP contribution in [-0.2, 0) is 11.8 Å². The third kappa shape index (κ3) is 3.21. The summed E-state index contributed by atoms with van der Waals surface area (Å²) in [4.78, 5) is 23.5. The number of nitrogens with zero attached hydrogens (tertiary/aromatic N) is 4. The first-order valence-electron chi connectivity index (χ1n) is 10.3. The van der Waals surface area contributed by atoms with E-state index in [0.717, 1.165) is 19.2 Å². The van der Waals surface area contributed by atoms with E-state index in [1.807, 2.05) is 4.90 Å². The molecule has 32 heavy (non-hydrogen) atoms. The lowest BCUT2D eigenvalue weighted by Crippen LogP contribution is -2.67. The fourth-order valence-electron chi connectivity index (χ4n) is 4.46. The number of fused-ring (bicyclic) bond motifs is 1. The summed E-state index contributed by atoms with van der Waals surface area (Å²) in [6, 6.07) is 5.04. The molecule has 0 radical (unpaired) electrons. The number of halogens is 3. The van der Waals surface area contributed by atoms with Gasteiger partial charge in [0.1, 0.15) is 29.3 Å². The quantitative estimate of drug-likeness (QED) is 0.649. The summed E-state index contributed by atoms with van der Waals surface area (Å²) in [5.74, 6) is -0.550. The fraction of sp³-hybridized carbons (Fsp3) is 0.409. The van der Waals surface area contributed by atoms with Gasteiger partial charge in [0.2, 0.25) is 0 Å². The van der Waals surface area contributed by atoms with Crippen LogP contribution in [0.2, 0.25) is 0 Å². The Balaban J connectivity index is 1.51. The van der Waals surface area contributed by atoms with E-state index >= 15 is 0 Å². The van der Waals surface area contributed by atoms with Crippen molar-refractivity contribution in [1.29, 1.82) is 0 Å². The Kier molecular flexibility index (Phi) is 4.85. The summed E-state index contributed by atoms with van der Waals surface area (Å²) in [7, 11) is 1.64. The van der Waals surface area contributed by atoms with E-state index < -0.39 is 23.8 Å². The molecule has 1 N–H and O–H groups in total. The van der Waals surface area contributed by atoms with Crippen molar-refractivity contribution in [3.8, 4) is 0 Å². The van der Waals surface area contributed by atoms with E-state index in [1.165, 1.54) is 23.0 Å². The SMILES string of the molecule is C[C@@H](Nc1ncnc2c1cc(N1CC3(COC3)C1)c(=O)n2C)c1cccc(C(F)F)c1F. The van der Waals surface area contributed by atoms with Gasteiger partial charge in [-0.2, -0.15) is 0 Å². The van der Waals surface area contributed by atoms with Crippen molar-refractivity contribution in [3.63, 3.8) is 0 Å². The van der Waals surface area contributed by atoms with Crippen molar-refractivity contribution in [1.82, 2.24) is 14.5 Å². The van der Waals surface area contributed by atoms with E-state index in [2.05, 4.69) is 15.3 Å². The number of rotatable bonds is 5. The van der Waals surface area contributed by atoms with Crippen LogP contribution in [0.3, 0.4) is 0 Å². The smallest absolute Gasteiger partial charge is 0.275 e. The molecule has 1 spiro atoms. The van der Waals surface area contributed by atoms with Crippen LogP contribution < -0.4 is 15.8 Å². The Morgan fingerprint density at radius 1 is 1.19 bits per heavy atom. The van der Waals surface area contributed by atoms with Gasteiger partial charge in [-0.1, -0.05) is 18.2 Å². The Bertz CT molecular complexity index is 1250. The molecule has 10 heteroatoms. The Hall–Kier alpha value is -3.14. The van der Waals surface area contributed by atoms with Crippen molar-refractivity contribution in [2.75, 3.05) is 36.5 Å². The van der Waals surface area contributed by atoms with Crippen LogP contribution in [0.15, 0.2) is 35.4 Å². The summed E-state index contributed by atoms with van der Waals surface area (Å²) >= 11 is 0. The van der Waals surface area contributed by atoms with Gasteiger partial charge in [0.25, 0.3) is 12.0 Å². The zero-order valence-electron chi connectivity index (χ0n) is 17.6. The van der Waals surface area contributed by atoms with Gasteiger partial charge < -0.3 is 15.0 Å². The third-order valence-corrected chi connectivity index (χ3v) is 6.31. The molecule has 0 saturated carbocycles. The predicted molar refractivity (Wildman–Crippen MR) is 114 cm³/mol. The van der Waals surface area contributed by atoms with Crippen LogP contribution in [-0.4, -0.2) is 40.8 Å². The van der Waals surface area contributed by atoms with Crippen molar-refractivity contribution >= 4 is 22.5 Å². The van der Waals surface area contributed by atoms with Gasteiger partial charge in [0.05, 0.1) is 35.6 Å². The molecule has 1 atom stereocenters. The number of hydrogen-bond acceptors (Lipinski definition) is 6. The number of ether oxygens (including phenoxy) is 1. The second-order valence-corrected chi connectivity index (χ2v) is 8.62. The fourth-order valence-corrected chi connectivity index (χ4v) is 4.46. The zero-order chi connectivity index (χ0) is 22.6. The average Bonchev–Trinajstić information content (AvgIpc) is 2.69. The largest absolute Gasteiger partial charge is 0.380 e. The minimum absolute atomic E-state index is 0.106. The van der Waals surface area contributed by atoms with Crippen molar-refractivity contribution in [2.45, 2.75) is 19.4 Å². The van der Waals surface area contributed by atoms with E-state index in [0.29, 0.717) is 35.8 Å². The molecule has 5 rings (SSSR count). The molecule has 7 nitrogen and oxygen atoms in total. The summed E-state index contributed by atoms with van der Waals surface area (Å²) in [6.45, 7) is 4.56. The molecule has 0 aliphatic carbocycles. The first-order valence-corrected chi connectivity index (χ1v) is 10.3. The molecular weight excluding hydrogens is 423 g/mol. The van der Waals surface area contributed by atoms with E-state index in [9.17, 15) is 18.0 Å². The van der Waals surface area contributed by atoms with Crippen LogP contribution in [0.5, 0.6) is 0 Å². The van der Waals surface area contributed by atoms with Crippen LogP contribution in [0, 0.1) is 11.2 Å². The maximum absolute atomic E-state index is 14.6. The number of hydrogen-bond donors (Lipinski definition) is 1. The van der Waals surface area contributed by atoms with Gasteiger partial charge in [-0.05, 0) is 13.0 Å². The number of aromatic nitrogens is 3. The van der Waals surface area contributed by atoms with E-state index in [4.69, 9.17) is 4.74 Å². The zero-order valence-corrected chi connectivity index (χ0v) is 17.6. The highest BCUT2D eigenvalue weighted by Gasteiger charge is 2.49. The maximum Gasteiger partial charge on any atom is 0.275 e. The van der Waals surface area contributed by atoms with Crippen molar-refractivity contribution in [2.24, 2.45) is 12.5 Å². The normalized spacial score (nSPS) is 18.0. The minimum Gasteiger partial charge on any atom is -0.380 e. The molecule has 2 fully saturated rings. The van der Waals surface area contributed by atoms with Gasteiger partial charge in [0, 0.05) is 25.7 Å². The third-order valence-electron chi connectivity index (χ3n) is 6.31. The van der Waals surface area contributed by atoms with E-state index in [-0.39, 0.29) is 16.5 Å². The van der Waals surface area contributed by atoms with Gasteiger partial charge >= 0.3 is 0 Å². The minimum atomic E-state index is -2.90. The molecule has 4 heterocycles. The highest BCUT2D eigenvalue weighted by Crippen LogP contribution is 2.40. The summed E-state index contributed by atoms with van der Waals surface area (Å²) in [5.41, 5.74) is 0.396. The standard InChI is InChI=1S/C22H22F3N5O2/c1-12(13-4-3-5-14(17(13)23)18(24)25)28-19-15-6-16(30-7-22(8-30)9-32-10-22)21(31)29(2)20(15)27-11-26-19/h3-6,11-12,18H,7-10H2,1-2H3,(H,26,27,28)/t12-/m1/s1. The monoisotopic (exact) mass is 445 g/mol. The van der Waals surface area contributed by atoms with Crippen molar-refractivity contribution < 1.29 is 17.9 Å². The highest BCUT2D eigenvalue weighted by atomic mass is 19.3. The second-order valence-electron chi connectivity index (χ2n) is 8.62.